The normalized spacial score (nSPS) is 11.6. The van der Waals surface area contributed by atoms with Crippen LogP contribution in [0, 0.1) is 11.3 Å². The smallest absolute Gasteiger partial charge is 0.283 e. The average Bonchev–Trinajstić information content (AvgIpc) is 2.17. The van der Waals surface area contributed by atoms with Crippen molar-refractivity contribution in [3.05, 3.63) is 29.6 Å². The molecule has 0 aromatic carbocycles. The average molecular weight is 213 g/mol. The second kappa shape index (κ2) is 4.55. The predicted molar refractivity (Wildman–Crippen MR) is 47.5 cm³/mol. The number of halogens is 3. The van der Waals surface area contributed by atoms with Gasteiger partial charge >= 0.3 is 6.18 Å². The van der Waals surface area contributed by atoms with Crippen LogP contribution in [0.1, 0.15) is 11.3 Å². The topological polar surface area (TPSA) is 49.0 Å². The van der Waals surface area contributed by atoms with E-state index in [1.165, 1.54) is 18.3 Å². The van der Waals surface area contributed by atoms with Gasteiger partial charge in [0.2, 0.25) is 0 Å². The highest BCUT2D eigenvalue weighted by Crippen LogP contribution is 2.14. The Labute approximate surface area is 83.9 Å². The van der Waals surface area contributed by atoms with Gasteiger partial charge in [-0.05, 0) is 12.1 Å². The Kier molecular flexibility index (Phi) is 3.39. The van der Waals surface area contributed by atoms with Crippen LogP contribution in [0.15, 0.2) is 23.3 Å². The summed E-state index contributed by atoms with van der Waals surface area (Å²) in [4.78, 5) is 6.87. The molecule has 6 heteroatoms. The minimum Gasteiger partial charge on any atom is -0.283 e. The molecule has 0 spiro atoms. The van der Waals surface area contributed by atoms with Crippen LogP contribution in [0.25, 0.3) is 0 Å². The van der Waals surface area contributed by atoms with E-state index in [1.807, 2.05) is 0 Å². The van der Waals surface area contributed by atoms with Crippen molar-refractivity contribution in [1.82, 2.24) is 4.98 Å². The van der Waals surface area contributed by atoms with Crippen molar-refractivity contribution < 1.29 is 13.2 Å². The van der Waals surface area contributed by atoms with Gasteiger partial charge in [0.25, 0.3) is 0 Å². The molecule has 1 aromatic rings. The summed E-state index contributed by atoms with van der Waals surface area (Å²) in [5.41, 5.74) is 0.640. The second-order valence-corrected chi connectivity index (χ2v) is 2.67. The molecular formula is C9H6F3N3. The zero-order valence-electron chi connectivity index (χ0n) is 7.49. The van der Waals surface area contributed by atoms with E-state index in [-0.39, 0.29) is 5.69 Å². The maximum absolute atomic E-state index is 11.7. The van der Waals surface area contributed by atoms with Crippen molar-refractivity contribution >= 4 is 6.21 Å². The zero-order valence-corrected chi connectivity index (χ0v) is 7.49. The molecule has 0 radical (unpaired) electrons. The standard InChI is InChI=1S/C9H6F3N3/c10-9(11,12)6-14-4-7-1-2-8(3-13)15-5-7/h1-2,4-5H,6H2. The molecule has 0 fully saturated rings. The summed E-state index contributed by atoms with van der Waals surface area (Å²) in [7, 11) is 0. The first kappa shape index (κ1) is 11.2. The largest absolute Gasteiger partial charge is 0.407 e. The molecule has 0 N–H and O–H groups in total. The van der Waals surface area contributed by atoms with Crippen molar-refractivity contribution in [3.63, 3.8) is 0 Å². The molecule has 0 saturated heterocycles. The van der Waals surface area contributed by atoms with Crippen LogP contribution in [-0.4, -0.2) is 23.9 Å². The van der Waals surface area contributed by atoms with Crippen molar-refractivity contribution in [2.24, 2.45) is 4.99 Å². The van der Waals surface area contributed by atoms with Gasteiger partial charge in [-0.2, -0.15) is 18.4 Å². The summed E-state index contributed by atoms with van der Waals surface area (Å²) in [6.45, 7) is -1.22. The summed E-state index contributed by atoms with van der Waals surface area (Å²) in [6, 6.07) is 4.69. The Morgan fingerprint density at radius 2 is 2.20 bits per heavy atom. The van der Waals surface area contributed by atoms with Gasteiger partial charge in [0.15, 0.2) is 0 Å². The fourth-order valence-electron chi connectivity index (χ4n) is 0.802. The van der Waals surface area contributed by atoms with Crippen molar-refractivity contribution in [2.75, 3.05) is 6.54 Å². The van der Waals surface area contributed by atoms with Crippen LogP contribution in [-0.2, 0) is 0 Å². The highest BCUT2D eigenvalue weighted by atomic mass is 19.4. The van der Waals surface area contributed by atoms with Gasteiger partial charge in [-0.25, -0.2) is 4.98 Å². The highest BCUT2D eigenvalue weighted by Gasteiger charge is 2.25. The first-order valence-corrected chi connectivity index (χ1v) is 3.94. The molecule has 1 aromatic heterocycles. The molecule has 0 aliphatic rings. The van der Waals surface area contributed by atoms with Gasteiger partial charge in [0.1, 0.15) is 18.3 Å². The monoisotopic (exact) mass is 213 g/mol. The molecule has 0 atom stereocenters. The Morgan fingerprint density at radius 1 is 1.47 bits per heavy atom. The van der Waals surface area contributed by atoms with Crippen molar-refractivity contribution in [3.8, 4) is 6.07 Å². The van der Waals surface area contributed by atoms with Crippen LogP contribution < -0.4 is 0 Å². The van der Waals surface area contributed by atoms with Crippen LogP contribution in [0.5, 0.6) is 0 Å². The van der Waals surface area contributed by atoms with Crippen molar-refractivity contribution in [1.29, 1.82) is 5.26 Å². The van der Waals surface area contributed by atoms with Crippen LogP contribution in [0.4, 0.5) is 13.2 Å². The molecule has 0 saturated carbocycles. The fraction of sp³-hybridized carbons (Fsp3) is 0.222. The Hall–Kier alpha value is -1.90. The minimum atomic E-state index is -4.30. The van der Waals surface area contributed by atoms with E-state index in [1.54, 1.807) is 6.07 Å². The summed E-state index contributed by atoms with van der Waals surface area (Å²) < 4.78 is 35.1. The Balaban J connectivity index is 2.62. The maximum atomic E-state index is 11.7. The number of aromatic nitrogens is 1. The number of hydrogen-bond acceptors (Lipinski definition) is 3. The first-order chi connectivity index (χ1) is 7.01. The highest BCUT2D eigenvalue weighted by molar-refractivity contribution is 5.79. The molecule has 0 aliphatic heterocycles. The van der Waals surface area contributed by atoms with E-state index < -0.39 is 12.7 Å². The van der Waals surface area contributed by atoms with E-state index in [0.717, 1.165) is 6.21 Å². The number of hydrogen-bond donors (Lipinski definition) is 0. The molecule has 0 aliphatic carbocycles. The number of alkyl halides is 3. The Bertz CT molecular complexity index is 387. The van der Waals surface area contributed by atoms with E-state index in [0.29, 0.717) is 5.56 Å². The third kappa shape index (κ3) is 4.22. The molecule has 15 heavy (non-hydrogen) atoms. The summed E-state index contributed by atoms with van der Waals surface area (Å²) in [5, 5.41) is 8.42. The lowest BCUT2D eigenvalue weighted by atomic mass is 10.3. The van der Waals surface area contributed by atoms with Gasteiger partial charge in [0, 0.05) is 18.0 Å². The summed E-state index contributed by atoms with van der Waals surface area (Å²) >= 11 is 0. The van der Waals surface area contributed by atoms with Crippen LogP contribution in [0.2, 0.25) is 0 Å². The molecule has 1 rings (SSSR count). The first-order valence-electron chi connectivity index (χ1n) is 3.94. The molecule has 78 valence electrons. The molecular weight excluding hydrogens is 207 g/mol. The zero-order chi connectivity index (χ0) is 11.3. The van der Waals surface area contributed by atoms with E-state index in [4.69, 9.17) is 5.26 Å². The molecule has 0 bridgehead atoms. The third-order valence-corrected chi connectivity index (χ3v) is 1.41. The number of nitriles is 1. The Morgan fingerprint density at radius 3 is 2.67 bits per heavy atom. The molecule has 0 amide bonds. The summed E-state index contributed by atoms with van der Waals surface area (Å²) in [5.74, 6) is 0. The number of nitrogens with zero attached hydrogens (tertiary/aromatic N) is 3. The minimum absolute atomic E-state index is 0.211. The van der Waals surface area contributed by atoms with Gasteiger partial charge < -0.3 is 0 Å². The fourth-order valence-corrected chi connectivity index (χ4v) is 0.802. The number of pyridine rings is 1. The number of rotatable bonds is 2. The lowest BCUT2D eigenvalue weighted by molar-refractivity contribution is -0.118. The van der Waals surface area contributed by atoms with Gasteiger partial charge in [-0.15, -0.1) is 0 Å². The van der Waals surface area contributed by atoms with Gasteiger partial charge in [-0.3, -0.25) is 4.99 Å². The summed E-state index contributed by atoms with van der Waals surface area (Å²) in [6.07, 6.45) is -1.93. The second-order valence-electron chi connectivity index (χ2n) is 2.67. The van der Waals surface area contributed by atoms with Crippen molar-refractivity contribution in [2.45, 2.75) is 6.18 Å². The SMILES string of the molecule is N#Cc1ccc(C=NCC(F)(F)F)cn1. The number of aliphatic imine (C=N–C) groups is 1. The lowest BCUT2D eigenvalue weighted by Gasteiger charge is -1.99. The predicted octanol–water partition coefficient (Wildman–Crippen LogP) is 1.93. The third-order valence-electron chi connectivity index (χ3n) is 1.41. The van der Waals surface area contributed by atoms with E-state index in [9.17, 15) is 13.2 Å². The molecule has 3 nitrogen and oxygen atoms in total. The van der Waals surface area contributed by atoms with Gasteiger partial charge in [-0.1, -0.05) is 0 Å². The van der Waals surface area contributed by atoms with Crippen LogP contribution >= 0.6 is 0 Å². The molecule has 1 heterocycles. The van der Waals surface area contributed by atoms with E-state index in [2.05, 4.69) is 9.98 Å². The molecule has 0 unspecified atom stereocenters. The van der Waals surface area contributed by atoms with E-state index >= 15 is 0 Å². The lowest BCUT2D eigenvalue weighted by Crippen LogP contribution is -2.11. The maximum Gasteiger partial charge on any atom is 0.407 e. The van der Waals surface area contributed by atoms with Gasteiger partial charge in [0.05, 0.1) is 0 Å². The van der Waals surface area contributed by atoms with Crippen LogP contribution in [0.3, 0.4) is 0 Å². The quantitative estimate of drug-likeness (QED) is 0.705.